The van der Waals surface area contributed by atoms with Gasteiger partial charge in [-0.05, 0) is 13.8 Å². The molecule has 0 N–H and O–H groups in total. The largest absolute Gasteiger partial charge is 0.469 e. The van der Waals surface area contributed by atoms with Gasteiger partial charge in [-0.2, -0.15) is 0 Å². The molecular weight excluding hydrogens is 194 g/mol. The second-order valence-electron chi connectivity index (χ2n) is 4.36. The summed E-state index contributed by atoms with van der Waals surface area (Å²) in [7, 11) is 1.44. The highest BCUT2D eigenvalue weighted by Gasteiger charge is 2.28. The van der Waals surface area contributed by atoms with Gasteiger partial charge in [0.15, 0.2) is 0 Å². The predicted octanol–water partition coefficient (Wildman–Crippen LogP) is 0.905. The number of morpholine rings is 1. The molecule has 0 aromatic rings. The number of hydrogen-bond donors (Lipinski definition) is 0. The first-order valence-electron chi connectivity index (χ1n) is 5.47. The molecule has 0 spiro atoms. The Labute approximate surface area is 91.5 Å². The zero-order valence-electron chi connectivity index (χ0n) is 10.0. The Morgan fingerprint density at radius 3 is 2.47 bits per heavy atom. The number of rotatable bonds is 3. The van der Waals surface area contributed by atoms with Crippen LogP contribution in [-0.4, -0.2) is 49.8 Å². The molecule has 88 valence electrons. The lowest BCUT2D eigenvalue weighted by Crippen LogP contribution is -2.51. The third-order valence-corrected chi connectivity index (χ3v) is 2.94. The van der Waals surface area contributed by atoms with Gasteiger partial charge in [0, 0.05) is 18.6 Å². The van der Waals surface area contributed by atoms with Crippen molar-refractivity contribution in [2.75, 3.05) is 26.9 Å². The minimum absolute atomic E-state index is 0.0713. The van der Waals surface area contributed by atoms with Crippen LogP contribution in [0.3, 0.4) is 0 Å². The monoisotopic (exact) mass is 215 g/mol. The summed E-state index contributed by atoms with van der Waals surface area (Å²) in [6, 6.07) is 0.752. The fourth-order valence-electron chi connectivity index (χ4n) is 1.99. The molecule has 0 aromatic carbocycles. The number of hydrogen-bond acceptors (Lipinski definition) is 4. The normalized spacial score (nSPS) is 29.9. The van der Waals surface area contributed by atoms with Crippen LogP contribution in [0.4, 0.5) is 0 Å². The van der Waals surface area contributed by atoms with E-state index in [0.29, 0.717) is 12.1 Å². The zero-order chi connectivity index (χ0) is 11.4. The Morgan fingerprint density at radius 2 is 2.00 bits per heavy atom. The first-order chi connectivity index (χ1) is 7.06. The highest BCUT2D eigenvalue weighted by Crippen LogP contribution is 2.15. The van der Waals surface area contributed by atoms with Crippen molar-refractivity contribution in [3.63, 3.8) is 0 Å². The van der Waals surface area contributed by atoms with Gasteiger partial charge in [0.05, 0.1) is 26.2 Å². The van der Waals surface area contributed by atoms with Crippen molar-refractivity contribution in [2.45, 2.75) is 32.9 Å². The van der Waals surface area contributed by atoms with Crippen LogP contribution < -0.4 is 0 Å². The van der Waals surface area contributed by atoms with Crippen LogP contribution in [0.25, 0.3) is 0 Å². The molecule has 0 aliphatic carbocycles. The fraction of sp³-hybridized carbons (Fsp3) is 0.909. The minimum Gasteiger partial charge on any atom is -0.469 e. The number of carbonyl (C=O) groups is 1. The molecule has 4 nitrogen and oxygen atoms in total. The summed E-state index contributed by atoms with van der Waals surface area (Å²) in [6.45, 7) is 8.40. The Hall–Kier alpha value is -0.610. The van der Waals surface area contributed by atoms with Crippen molar-refractivity contribution in [3.05, 3.63) is 0 Å². The van der Waals surface area contributed by atoms with Crippen molar-refractivity contribution >= 4 is 5.97 Å². The summed E-state index contributed by atoms with van der Waals surface area (Å²) >= 11 is 0. The number of esters is 1. The molecule has 1 aliphatic heterocycles. The number of ether oxygens (including phenoxy) is 2. The summed E-state index contributed by atoms with van der Waals surface area (Å²) in [6.07, 6.45) is 0. The Morgan fingerprint density at radius 1 is 1.47 bits per heavy atom. The van der Waals surface area contributed by atoms with Gasteiger partial charge in [-0.15, -0.1) is 0 Å². The summed E-state index contributed by atoms with van der Waals surface area (Å²) in [4.78, 5) is 13.6. The molecule has 4 heteroatoms. The lowest BCUT2D eigenvalue weighted by Gasteiger charge is -2.39. The van der Waals surface area contributed by atoms with Crippen LogP contribution in [0.1, 0.15) is 20.8 Å². The van der Waals surface area contributed by atoms with Gasteiger partial charge in [-0.25, -0.2) is 0 Å². The van der Waals surface area contributed by atoms with E-state index < -0.39 is 0 Å². The lowest BCUT2D eigenvalue weighted by molar-refractivity contribution is -0.146. The van der Waals surface area contributed by atoms with Crippen molar-refractivity contribution < 1.29 is 14.3 Å². The fourth-order valence-corrected chi connectivity index (χ4v) is 1.99. The highest BCUT2D eigenvalue weighted by molar-refractivity contribution is 5.72. The summed E-state index contributed by atoms with van der Waals surface area (Å²) in [5.41, 5.74) is 0. The molecule has 0 radical (unpaired) electrons. The molecule has 1 rings (SSSR count). The minimum atomic E-state index is -0.138. The van der Waals surface area contributed by atoms with Gasteiger partial charge in [0.1, 0.15) is 0 Å². The molecular formula is C11H21NO3. The Balaban J connectivity index is 2.50. The van der Waals surface area contributed by atoms with Gasteiger partial charge in [-0.3, -0.25) is 9.69 Å². The molecule has 1 heterocycles. The molecule has 15 heavy (non-hydrogen) atoms. The maximum atomic E-state index is 11.3. The van der Waals surface area contributed by atoms with Crippen LogP contribution in [0.2, 0.25) is 0 Å². The number of methoxy groups -OCH3 is 1. The quantitative estimate of drug-likeness (QED) is 0.656. The van der Waals surface area contributed by atoms with Crippen LogP contribution in [-0.2, 0) is 14.3 Å². The van der Waals surface area contributed by atoms with Crippen molar-refractivity contribution in [2.24, 2.45) is 5.92 Å². The average Bonchev–Trinajstić information content (AvgIpc) is 2.22. The second-order valence-corrected chi connectivity index (χ2v) is 4.36. The van der Waals surface area contributed by atoms with Crippen LogP contribution >= 0.6 is 0 Å². The third-order valence-electron chi connectivity index (χ3n) is 2.94. The Kier molecular flexibility index (Phi) is 4.54. The summed E-state index contributed by atoms with van der Waals surface area (Å²) in [5, 5.41) is 0. The molecule has 3 unspecified atom stereocenters. The van der Waals surface area contributed by atoms with Gasteiger partial charge >= 0.3 is 5.97 Å². The average molecular weight is 215 g/mol. The van der Waals surface area contributed by atoms with E-state index >= 15 is 0 Å². The van der Waals surface area contributed by atoms with Gasteiger partial charge < -0.3 is 9.47 Å². The smallest absolute Gasteiger partial charge is 0.309 e. The van der Waals surface area contributed by atoms with E-state index in [-0.39, 0.29) is 11.9 Å². The van der Waals surface area contributed by atoms with Gasteiger partial charge in [0.25, 0.3) is 0 Å². The standard InChI is InChI=1S/C11H21NO3/c1-8(11(13)14-4)5-12-9(2)6-15-7-10(12)3/h8-10H,5-7H2,1-4H3. The number of nitrogens with zero attached hydrogens (tertiary/aromatic N) is 1. The first kappa shape index (κ1) is 12.5. The van der Waals surface area contributed by atoms with E-state index in [1.54, 1.807) is 0 Å². The van der Waals surface area contributed by atoms with Crippen molar-refractivity contribution in [3.8, 4) is 0 Å². The maximum absolute atomic E-state index is 11.3. The zero-order valence-corrected chi connectivity index (χ0v) is 10.0. The van der Waals surface area contributed by atoms with Crippen LogP contribution in [0, 0.1) is 5.92 Å². The Bertz CT molecular complexity index is 210. The molecule has 0 amide bonds. The molecule has 1 saturated heterocycles. The summed E-state index contributed by atoms with van der Waals surface area (Å²) in [5.74, 6) is -0.209. The van der Waals surface area contributed by atoms with Gasteiger partial charge in [0.2, 0.25) is 0 Å². The van der Waals surface area contributed by atoms with Crippen molar-refractivity contribution in [1.29, 1.82) is 0 Å². The third kappa shape index (κ3) is 3.18. The predicted molar refractivity (Wildman–Crippen MR) is 57.6 cm³/mol. The van der Waals surface area contributed by atoms with E-state index in [9.17, 15) is 4.79 Å². The van der Waals surface area contributed by atoms with Crippen LogP contribution in [0.15, 0.2) is 0 Å². The topological polar surface area (TPSA) is 38.8 Å². The lowest BCUT2D eigenvalue weighted by atomic mass is 10.1. The molecule has 1 fully saturated rings. The molecule has 0 bridgehead atoms. The first-order valence-corrected chi connectivity index (χ1v) is 5.47. The SMILES string of the molecule is COC(=O)C(C)CN1C(C)COCC1C. The van der Waals surface area contributed by atoms with E-state index in [1.165, 1.54) is 7.11 Å². The van der Waals surface area contributed by atoms with E-state index in [2.05, 4.69) is 18.7 Å². The molecule has 0 aromatic heterocycles. The molecule has 1 aliphatic rings. The van der Waals surface area contributed by atoms with Crippen molar-refractivity contribution in [1.82, 2.24) is 4.90 Å². The van der Waals surface area contributed by atoms with E-state index in [1.807, 2.05) is 6.92 Å². The van der Waals surface area contributed by atoms with Gasteiger partial charge in [-0.1, -0.05) is 6.92 Å². The number of carbonyl (C=O) groups excluding carboxylic acids is 1. The molecule has 0 saturated carbocycles. The molecule has 3 atom stereocenters. The highest BCUT2D eigenvalue weighted by atomic mass is 16.5. The van der Waals surface area contributed by atoms with E-state index in [0.717, 1.165) is 19.8 Å². The maximum Gasteiger partial charge on any atom is 0.309 e. The van der Waals surface area contributed by atoms with Crippen LogP contribution in [0.5, 0.6) is 0 Å². The second kappa shape index (κ2) is 5.47. The van der Waals surface area contributed by atoms with E-state index in [4.69, 9.17) is 9.47 Å². The summed E-state index contributed by atoms with van der Waals surface area (Å²) < 4.78 is 10.2.